The van der Waals surface area contributed by atoms with E-state index in [1.165, 1.54) is 36.9 Å². The first-order valence-corrected chi connectivity index (χ1v) is 8.24. The van der Waals surface area contributed by atoms with Crippen LogP contribution in [0.4, 0.5) is 0 Å². The van der Waals surface area contributed by atoms with Crippen LogP contribution in [0, 0.1) is 12.8 Å². The number of likely N-dealkylation sites (tertiary alicyclic amines) is 1. The molecular weight excluding hydrogens is 244 g/mol. The number of hydrogen-bond donors (Lipinski definition) is 1. The van der Waals surface area contributed by atoms with E-state index in [0.29, 0.717) is 12.1 Å². The van der Waals surface area contributed by atoms with Crippen LogP contribution in [0.25, 0.3) is 0 Å². The normalized spacial score (nSPS) is 28.8. The lowest BCUT2D eigenvalue weighted by atomic mass is 9.96. The molecule has 2 nitrogen and oxygen atoms in total. The minimum absolute atomic E-state index is 0.458. The number of hydrogen-bond acceptors (Lipinski definition) is 2. The molecule has 1 heterocycles. The lowest BCUT2D eigenvalue weighted by Crippen LogP contribution is -2.46. The summed E-state index contributed by atoms with van der Waals surface area (Å²) in [7, 11) is 0. The highest BCUT2D eigenvalue weighted by atomic mass is 15.2. The zero-order valence-electron chi connectivity index (χ0n) is 13.1. The molecule has 4 atom stereocenters. The van der Waals surface area contributed by atoms with Crippen LogP contribution in [0.1, 0.15) is 50.3 Å². The molecule has 2 bridgehead atoms. The Balaban J connectivity index is 1.77. The lowest BCUT2D eigenvalue weighted by Gasteiger charge is -2.38. The molecule has 1 aromatic carbocycles. The van der Waals surface area contributed by atoms with E-state index in [-0.39, 0.29) is 0 Å². The average Bonchev–Trinajstić information content (AvgIpc) is 3.08. The number of nitrogens with one attached hydrogen (secondary N) is 1. The van der Waals surface area contributed by atoms with E-state index in [2.05, 4.69) is 55.3 Å². The number of likely N-dealkylation sites (N-methyl/N-ethyl adjacent to an activating group) is 1. The highest BCUT2D eigenvalue weighted by Gasteiger charge is 2.41. The predicted molar refractivity (Wildman–Crippen MR) is 84.9 cm³/mol. The summed E-state index contributed by atoms with van der Waals surface area (Å²) in [6.07, 6.45) is 4.32. The van der Waals surface area contributed by atoms with Crippen molar-refractivity contribution in [3.63, 3.8) is 0 Å². The van der Waals surface area contributed by atoms with Crippen molar-refractivity contribution in [1.29, 1.82) is 0 Å². The predicted octanol–water partition coefficient (Wildman–Crippen LogP) is 3.52. The second kappa shape index (κ2) is 5.87. The van der Waals surface area contributed by atoms with E-state index in [1.54, 1.807) is 0 Å². The minimum Gasteiger partial charge on any atom is -0.309 e. The second-order valence-corrected chi connectivity index (χ2v) is 6.72. The molecule has 0 spiro atoms. The van der Waals surface area contributed by atoms with Crippen molar-refractivity contribution < 1.29 is 0 Å². The summed E-state index contributed by atoms with van der Waals surface area (Å²) in [4.78, 5) is 2.77. The number of rotatable bonds is 5. The Bertz CT molecular complexity index is 439. The molecule has 2 fully saturated rings. The van der Waals surface area contributed by atoms with Crippen molar-refractivity contribution in [1.82, 2.24) is 10.2 Å². The summed E-state index contributed by atoms with van der Waals surface area (Å²) in [5, 5.41) is 3.71. The summed E-state index contributed by atoms with van der Waals surface area (Å²) in [6.45, 7) is 9.14. The average molecular weight is 272 g/mol. The minimum atomic E-state index is 0.458. The maximum absolute atomic E-state index is 3.71. The Morgan fingerprint density at radius 2 is 2.00 bits per heavy atom. The van der Waals surface area contributed by atoms with Gasteiger partial charge in [-0.1, -0.05) is 36.8 Å². The molecule has 20 heavy (non-hydrogen) atoms. The van der Waals surface area contributed by atoms with Crippen molar-refractivity contribution in [2.75, 3.05) is 13.1 Å². The van der Waals surface area contributed by atoms with Crippen LogP contribution in [0.15, 0.2) is 24.3 Å². The third-order valence-corrected chi connectivity index (χ3v) is 5.32. The van der Waals surface area contributed by atoms with E-state index in [1.807, 2.05) is 0 Å². The van der Waals surface area contributed by atoms with E-state index in [4.69, 9.17) is 0 Å². The Hall–Kier alpha value is -0.860. The molecular formula is C18H28N2. The fraction of sp³-hybridized carbons (Fsp3) is 0.667. The first-order chi connectivity index (χ1) is 9.69. The summed E-state index contributed by atoms with van der Waals surface area (Å²) in [5.74, 6) is 0.975. The van der Waals surface area contributed by atoms with E-state index in [0.717, 1.165) is 18.5 Å². The zero-order valence-corrected chi connectivity index (χ0v) is 13.1. The number of benzene rings is 1. The van der Waals surface area contributed by atoms with Gasteiger partial charge in [0.2, 0.25) is 0 Å². The zero-order chi connectivity index (χ0) is 14.1. The van der Waals surface area contributed by atoms with Crippen molar-refractivity contribution in [2.45, 2.75) is 58.2 Å². The SMILES string of the molecule is CCNC(c1ccc(C)cc1)C(C)N1CC2CCC1C2. The first kappa shape index (κ1) is 14.1. The highest BCUT2D eigenvalue weighted by Crippen LogP contribution is 2.40. The van der Waals surface area contributed by atoms with Crippen LogP contribution in [0.3, 0.4) is 0 Å². The van der Waals surface area contributed by atoms with Gasteiger partial charge in [0.1, 0.15) is 0 Å². The van der Waals surface area contributed by atoms with Gasteiger partial charge < -0.3 is 5.32 Å². The summed E-state index contributed by atoms with van der Waals surface area (Å²) in [6, 6.07) is 11.0. The Morgan fingerprint density at radius 1 is 1.25 bits per heavy atom. The van der Waals surface area contributed by atoms with Gasteiger partial charge in [-0.25, -0.2) is 0 Å². The van der Waals surface area contributed by atoms with Gasteiger partial charge in [-0.05, 0) is 51.1 Å². The van der Waals surface area contributed by atoms with Crippen molar-refractivity contribution in [3.05, 3.63) is 35.4 Å². The number of aryl methyl sites for hydroxylation is 1. The molecule has 1 aliphatic carbocycles. The smallest absolute Gasteiger partial charge is 0.0475 e. The Labute approximate surface area is 123 Å². The van der Waals surface area contributed by atoms with Gasteiger partial charge in [-0.15, -0.1) is 0 Å². The number of piperidine rings is 1. The van der Waals surface area contributed by atoms with Gasteiger partial charge >= 0.3 is 0 Å². The summed E-state index contributed by atoms with van der Waals surface area (Å²) >= 11 is 0. The monoisotopic (exact) mass is 272 g/mol. The topological polar surface area (TPSA) is 15.3 Å². The molecule has 0 aromatic heterocycles. The molecule has 1 aromatic rings. The van der Waals surface area contributed by atoms with Crippen molar-refractivity contribution in [2.24, 2.45) is 5.92 Å². The molecule has 3 rings (SSSR count). The van der Waals surface area contributed by atoms with Gasteiger partial charge in [0.05, 0.1) is 0 Å². The molecule has 4 unspecified atom stereocenters. The van der Waals surface area contributed by atoms with Gasteiger partial charge in [-0.2, -0.15) is 0 Å². The number of nitrogens with zero attached hydrogens (tertiary/aromatic N) is 1. The standard InChI is InChI=1S/C18H28N2/c1-4-19-18(16-8-5-13(2)6-9-16)14(3)20-12-15-7-10-17(20)11-15/h5-6,8-9,14-15,17-19H,4,7,10-12H2,1-3H3. The van der Waals surface area contributed by atoms with E-state index >= 15 is 0 Å². The highest BCUT2D eigenvalue weighted by molar-refractivity contribution is 5.25. The Kier molecular flexibility index (Phi) is 4.13. The second-order valence-electron chi connectivity index (χ2n) is 6.72. The maximum atomic E-state index is 3.71. The lowest BCUT2D eigenvalue weighted by molar-refractivity contribution is 0.129. The largest absolute Gasteiger partial charge is 0.309 e. The Morgan fingerprint density at radius 3 is 2.55 bits per heavy atom. The molecule has 1 aliphatic heterocycles. The molecule has 2 heteroatoms. The van der Waals surface area contributed by atoms with Crippen LogP contribution in [-0.4, -0.2) is 30.1 Å². The fourth-order valence-electron chi connectivity index (χ4n) is 4.21. The van der Waals surface area contributed by atoms with E-state index in [9.17, 15) is 0 Å². The molecule has 1 saturated carbocycles. The number of fused-ring (bicyclic) bond motifs is 2. The van der Waals surface area contributed by atoms with Gasteiger partial charge in [0.25, 0.3) is 0 Å². The molecule has 0 amide bonds. The molecule has 110 valence electrons. The molecule has 2 aliphatic rings. The van der Waals surface area contributed by atoms with Crippen molar-refractivity contribution in [3.8, 4) is 0 Å². The third kappa shape index (κ3) is 2.64. The van der Waals surface area contributed by atoms with Gasteiger partial charge in [-0.3, -0.25) is 4.90 Å². The van der Waals surface area contributed by atoms with Crippen LogP contribution in [-0.2, 0) is 0 Å². The summed E-state index contributed by atoms with van der Waals surface area (Å²) in [5.41, 5.74) is 2.78. The third-order valence-electron chi connectivity index (χ3n) is 5.32. The first-order valence-electron chi connectivity index (χ1n) is 8.24. The maximum Gasteiger partial charge on any atom is 0.0475 e. The molecule has 1 N–H and O–H groups in total. The van der Waals surface area contributed by atoms with Gasteiger partial charge in [0, 0.05) is 24.7 Å². The fourth-order valence-corrected chi connectivity index (χ4v) is 4.21. The van der Waals surface area contributed by atoms with Crippen LogP contribution >= 0.6 is 0 Å². The quantitative estimate of drug-likeness (QED) is 0.882. The molecule has 0 radical (unpaired) electrons. The van der Waals surface area contributed by atoms with Crippen LogP contribution < -0.4 is 5.32 Å². The van der Waals surface area contributed by atoms with Crippen molar-refractivity contribution >= 4 is 0 Å². The van der Waals surface area contributed by atoms with Crippen LogP contribution in [0.2, 0.25) is 0 Å². The van der Waals surface area contributed by atoms with E-state index < -0.39 is 0 Å². The molecule has 1 saturated heterocycles. The van der Waals surface area contributed by atoms with Gasteiger partial charge in [0.15, 0.2) is 0 Å². The van der Waals surface area contributed by atoms with Crippen LogP contribution in [0.5, 0.6) is 0 Å². The summed E-state index contributed by atoms with van der Waals surface area (Å²) < 4.78 is 0.